The Morgan fingerprint density at radius 2 is 1.67 bits per heavy atom. The van der Waals surface area contributed by atoms with Gasteiger partial charge in [0.1, 0.15) is 28.7 Å². The van der Waals surface area contributed by atoms with Crippen molar-refractivity contribution < 1.29 is 28.7 Å². The number of thioether (sulfide) groups is 1. The summed E-state index contributed by atoms with van der Waals surface area (Å²) in [5.74, 6) is -1.75. The molecule has 1 saturated heterocycles. The summed E-state index contributed by atoms with van der Waals surface area (Å²) in [6, 6.07) is 16.2. The van der Waals surface area contributed by atoms with Crippen molar-refractivity contribution in [3.05, 3.63) is 76.3 Å². The molecule has 11 nitrogen and oxygen atoms in total. The molecular weight excluding hydrogens is 570 g/mol. The second kappa shape index (κ2) is 13.2. The van der Waals surface area contributed by atoms with Gasteiger partial charge in [0.2, 0.25) is 11.8 Å². The van der Waals surface area contributed by atoms with Crippen LogP contribution in [0, 0.1) is 22.7 Å². The van der Waals surface area contributed by atoms with Gasteiger partial charge in [-0.2, -0.15) is 10.5 Å². The number of benzene rings is 2. The molecule has 1 aliphatic rings. The number of nitriles is 2. The third kappa shape index (κ3) is 6.50. The van der Waals surface area contributed by atoms with E-state index < -0.39 is 29.6 Å². The standard InChI is InChI=1S/C31H27N5O6S/c1-4-41-21-11-7-18(8-12-21)24(37)16-42-31(40)19-5-9-20(10-6-19)36-26(38)13-25(30(36)39)43-29-23(15-33)27(17(2)3)22(14-32)28(34)35-29/h5-12,17,25H,4,13,16H2,1-3H3,(H2,34,35). The van der Waals surface area contributed by atoms with Crippen molar-refractivity contribution in [2.45, 2.75) is 43.4 Å². The number of ketones is 1. The van der Waals surface area contributed by atoms with Crippen molar-refractivity contribution in [1.82, 2.24) is 4.98 Å². The fourth-order valence-electron chi connectivity index (χ4n) is 4.54. The summed E-state index contributed by atoms with van der Waals surface area (Å²) < 4.78 is 10.5. The Kier molecular flexibility index (Phi) is 9.43. The van der Waals surface area contributed by atoms with Crippen LogP contribution in [0.2, 0.25) is 0 Å². The Morgan fingerprint density at radius 3 is 2.26 bits per heavy atom. The number of rotatable bonds is 10. The molecule has 0 aliphatic carbocycles. The number of carbonyl (C=O) groups is 4. The van der Waals surface area contributed by atoms with Crippen molar-refractivity contribution in [2.24, 2.45) is 0 Å². The van der Waals surface area contributed by atoms with E-state index in [0.717, 1.165) is 16.7 Å². The van der Waals surface area contributed by atoms with Crippen LogP contribution >= 0.6 is 11.8 Å². The van der Waals surface area contributed by atoms with Crippen LogP contribution in [0.25, 0.3) is 0 Å². The fraction of sp³-hybridized carbons (Fsp3) is 0.258. The zero-order valence-electron chi connectivity index (χ0n) is 23.6. The highest BCUT2D eigenvalue weighted by atomic mass is 32.2. The molecule has 1 unspecified atom stereocenters. The van der Waals surface area contributed by atoms with Crippen LogP contribution in [0.3, 0.4) is 0 Å². The van der Waals surface area contributed by atoms with Crippen LogP contribution in [0.5, 0.6) is 5.75 Å². The minimum atomic E-state index is -0.877. The number of nitrogens with two attached hydrogens (primary N) is 1. The Balaban J connectivity index is 1.44. The quantitative estimate of drug-likeness (QED) is 0.199. The lowest BCUT2D eigenvalue weighted by atomic mass is 9.94. The molecule has 0 spiro atoms. The van der Waals surface area contributed by atoms with Gasteiger partial charge >= 0.3 is 5.97 Å². The second-order valence-corrected chi connectivity index (χ2v) is 10.9. The first-order valence-corrected chi connectivity index (χ1v) is 14.2. The number of ether oxygens (including phenoxy) is 2. The lowest BCUT2D eigenvalue weighted by Crippen LogP contribution is -2.31. The smallest absolute Gasteiger partial charge is 0.338 e. The van der Waals surface area contributed by atoms with Crippen LogP contribution in [-0.4, -0.2) is 47.0 Å². The van der Waals surface area contributed by atoms with E-state index in [9.17, 15) is 29.7 Å². The van der Waals surface area contributed by atoms with Crippen LogP contribution in [0.4, 0.5) is 11.5 Å². The molecule has 43 heavy (non-hydrogen) atoms. The van der Waals surface area contributed by atoms with E-state index in [-0.39, 0.29) is 51.3 Å². The first kappa shape index (κ1) is 30.8. The number of esters is 1. The highest BCUT2D eigenvalue weighted by Crippen LogP contribution is 2.38. The highest BCUT2D eigenvalue weighted by Gasteiger charge is 2.41. The van der Waals surface area contributed by atoms with Crippen molar-refractivity contribution in [3.63, 3.8) is 0 Å². The molecule has 218 valence electrons. The Labute approximate surface area is 252 Å². The Hall–Kier alpha value is -5.20. The van der Waals surface area contributed by atoms with Gasteiger partial charge in [-0.1, -0.05) is 25.6 Å². The number of aromatic nitrogens is 1. The summed E-state index contributed by atoms with van der Waals surface area (Å²) in [6.45, 7) is 5.51. The molecule has 1 aliphatic heterocycles. The summed E-state index contributed by atoms with van der Waals surface area (Å²) in [5, 5.41) is 18.6. The van der Waals surface area contributed by atoms with Crippen molar-refractivity contribution in [2.75, 3.05) is 23.8 Å². The number of hydrogen-bond donors (Lipinski definition) is 1. The molecule has 0 saturated carbocycles. The minimum absolute atomic E-state index is 0.0509. The first-order chi connectivity index (χ1) is 20.6. The number of pyridine rings is 1. The van der Waals surface area contributed by atoms with Crippen LogP contribution in [0.1, 0.15) is 70.5 Å². The van der Waals surface area contributed by atoms with E-state index in [1.807, 2.05) is 26.8 Å². The average Bonchev–Trinajstić information content (AvgIpc) is 3.27. The molecule has 2 aromatic carbocycles. The maximum atomic E-state index is 13.3. The van der Waals surface area contributed by atoms with Gasteiger partial charge in [0.25, 0.3) is 0 Å². The Morgan fingerprint density at radius 1 is 1.05 bits per heavy atom. The van der Waals surface area contributed by atoms with Gasteiger partial charge in [-0.25, -0.2) is 14.7 Å². The molecule has 0 bridgehead atoms. The van der Waals surface area contributed by atoms with Gasteiger partial charge in [-0.05, 0) is 66.9 Å². The highest BCUT2D eigenvalue weighted by molar-refractivity contribution is 8.00. The summed E-state index contributed by atoms with van der Waals surface area (Å²) in [4.78, 5) is 56.3. The molecular formula is C31H27N5O6S. The molecule has 2 heterocycles. The number of nitrogens with zero attached hydrogens (tertiary/aromatic N) is 4. The van der Waals surface area contributed by atoms with Gasteiger partial charge in [0.05, 0.1) is 34.2 Å². The third-order valence-electron chi connectivity index (χ3n) is 6.57. The number of carbonyl (C=O) groups excluding carboxylic acids is 4. The first-order valence-electron chi connectivity index (χ1n) is 13.3. The van der Waals surface area contributed by atoms with E-state index in [2.05, 4.69) is 11.1 Å². The predicted octanol–water partition coefficient (Wildman–Crippen LogP) is 4.39. The number of hydrogen-bond acceptors (Lipinski definition) is 11. The normalized spacial score (nSPS) is 14.4. The minimum Gasteiger partial charge on any atom is -0.494 e. The van der Waals surface area contributed by atoms with Crippen molar-refractivity contribution in [1.29, 1.82) is 10.5 Å². The van der Waals surface area contributed by atoms with Crippen LogP contribution in [-0.2, 0) is 14.3 Å². The molecule has 1 aromatic heterocycles. The molecule has 4 rings (SSSR count). The fourth-order valence-corrected chi connectivity index (χ4v) is 5.66. The maximum absolute atomic E-state index is 13.3. The predicted molar refractivity (Wildman–Crippen MR) is 158 cm³/mol. The third-order valence-corrected chi connectivity index (χ3v) is 7.75. The van der Waals surface area contributed by atoms with E-state index in [4.69, 9.17) is 15.2 Å². The van der Waals surface area contributed by atoms with Crippen molar-refractivity contribution in [3.8, 4) is 17.9 Å². The largest absolute Gasteiger partial charge is 0.494 e. The molecule has 3 aromatic rings. The summed E-state index contributed by atoms with van der Waals surface area (Å²) in [6.07, 6.45) is -0.148. The number of amides is 2. The van der Waals surface area contributed by atoms with Gasteiger partial charge in [0.15, 0.2) is 12.4 Å². The van der Waals surface area contributed by atoms with Gasteiger partial charge in [0, 0.05) is 12.0 Å². The van der Waals surface area contributed by atoms with Gasteiger partial charge < -0.3 is 15.2 Å². The van der Waals surface area contributed by atoms with E-state index in [1.165, 1.54) is 24.3 Å². The van der Waals surface area contributed by atoms with Crippen LogP contribution < -0.4 is 15.4 Å². The van der Waals surface area contributed by atoms with Crippen LogP contribution in [0.15, 0.2) is 53.6 Å². The van der Waals surface area contributed by atoms with Crippen molar-refractivity contribution >= 4 is 46.8 Å². The second-order valence-electron chi connectivity index (χ2n) is 9.73. The molecule has 1 fully saturated rings. The monoisotopic (exact) mass is 597 g/mol. The number of anilines is 2. The zero-order valence-corrected chi connectivity index (χ0v) is 24.4. The Bertz CT molecular complexity index is 1670. The number of nitrogen functional groups attached to an aromatic ring is 1. The number of imide groups is 1. The summed E-state index contributed by atoms with van der Waals surface area (Å²) in [7, 11) is 0. The topological polar surface area (TPSA) is 176 Å². The lowest BCUT2D eigenvalue weighted by Gasteiger charge is -2.17. The van der Waals surface area contributed by atoms with E-state index in [0.29, 0.717) is 23.5 Å². The molecule has 12 heteroatoms. The zero-order chi connectivity index (χ0) is 31.3. The summed E-state index contributed by atoms with van der Waals surface area (Å²) >= 11 is 0.948. The maximum Gasteiger partial charge on any atom is 0.338 e. The molecule has 0 radical (unpaired) electrons. The average molecular weight is 598 g/mol. The van der Waals surface area contributed by atoms with Gasteiger partial charge in [-0.15, -0.1) is 0 Å². The summed E-state index contributed by atoms with van der Waals surface area (Å²) in [5.41, 5.74) is 7.44. The van der Waals surface area contributed by atoms with E-state index in [1.54, 1.807) is 24.3 Å². The number of Topliss-reactive ketones (excluding diaryl/α,β-unsaturated/α-hetero) is 1. The molecule has 2 amide bonds. The van der Waals surface area contributed by atoms with Gasteiger partial charge in [-0.3, -0.25) is 14.4 Å². The molecule has 2 N–H and O–H groups in total. The van der Waals surface area contributed by atoms with E-state index >= 15 is 0 Å². The SMILES string of the molecule is CCOc1ccc(C(=O)COC(=O)c2ccc(N3C(=O)CC(Sc4nc(N)c(C#N)c(C(C)C)c4C#N)C3=O)cc2)cc1. The lowest BCUT2D eigenvalue weighted by molar-refractivity contribution is -0.121. The molecule has 1 atom stereocenters.